The molecule has 0 bridgehead atoms. The molecule has 0 aliphatic carbocycles. The lowest BCUT2D eigenvalue weighted by Crippen LogP contribution is -2.34. The highest BCUT2D eigenvalue weighted by molar-refractivity contribution is 5.67. The summed E-state index contributed by atoms with van der Waals surface area (Å²) in [5, 5.41) is 32.7. The molecule has 3 N–H and O–H groups in total. The number of benzene rings is 1. The summed E-state index contributed by atoms with van der Waals surface area (Å²) in [6.07, 6.45) is 4.57. The zero-order chi connectivity index (χ0) is 21.8. The first-order valence-electron chi connectivity index (χ1n) is 9.11. The number of rotatable bonds is 5. The molecule has 0 atom stereocenters. The van der Waals surface area contributed by atoms with Crippen LogP contribution in [0.25, 0.3) is 24.4 Å². The number of nitriles is 1. The molecule has 0 unspecified atom stereocenters. The average molecular weight is 404 g/mol. The van der Waals surface area contributed by atoms with Gasteiger partial charge in [0.15, 0.2) is 0 Å². The highest BCUT2D eigenvalue weighted by Crippen LogP contribution is 2.25. The van der Waals surface area contributed by atoms with Crippen molar-refractivity contribution in [2.24, 2.45) is 0 Å². The standard InChI is InChI=1S/C22H20N4O4/c1-14-17(9-6-10-18-15(2)24-25(11-12-27)20(18)28)21(29)26(22(30)19(14)13-23)16-7-4-3-5-8-16/h3-10,24,27,29H,2,11-12H2,1H3. The number of aromatic amines is 1. The fourth-order valence-electron chi connectivity index (χ4n) is 3.16. The molecule has 0 fully saturated rings. The summed E-state index contributed by atoms with van der Waals surface area (Å²) in [6.45, 7) is 5.28. The van der Waals surface area contributed by atoms with Gasteiger partial charge < -0.3 is 10.2 Å². The van der Waals surface area contributed by atoms with Gasteiger partial charge in [-0.1, -0.05) is 30.9 Å². The number of aliphatic hydroxyl groups excluding tert-OH is 1. The van der Waals surface area contributed by atoms with Gasteiger partial charge in [-0.15, -0.1) is 0 Å². The number of aromatic hydroxyl groups is 1. The summed E-state index contributed by atoms with van der Waals surface area (Å²) in [7, 11) is 0. The lowest BCUT2D eigenvalue weighted by Gasteiger charge is -2.14. The number of nitrogens with zero attached hydrogens (tertiary/aromatic N) is 3. The van der Waals surface area contributed by atoms with Gasteiger partial charge in [0.05, 0.1) is 29.4 Å². The van der Waals surface area contributed by atoms with Gasteiger partial charge in [-0.3, -0.25) is 14.7 Å². The summed E-state index contributed by atoms with van der Waals surface area (Å²) in [4.78, 5) is 25.0. The molecule has 8 nitrogen and oxygen atoms in total. The number of H-pyrrole nitrogens is 1. The molecule has 0 saturated carbocycles. The van der Waals surface area contributed by atoms with E-state index >= 15 is 0 Å². The number of aliphatic hydroxyl groups is 1. The minimum Gasteiger partial charge on any atom is -0.494 e. The Morgan fingerprint density at radius 2 is 1.93 bits per heavy atom. The highest BCUT2D eigenvalue weighted by Gasteiger charge is 2.18. The van der Waals surface area contributed by atoms with Crippen molar-refractivity contribution in [3.8, 4) is 17.6 Å². The van der Waals surface area contributed by atoms with E-state index in [0.717, 1.165) is 4.57 Å². The van der Waals surface area contributed by atoms with E-state index in [1.54, 1.807) is 37.3 Å². The van der Waals surface area contributed by atoms with E-state index in [1.807, 2.05) is 6.07 Å². The number of allylic oxidation sites excluding steroid dienone is 1. The molecule has 3 rings (SSSR count). The molecule has 2 aromatic heterocycles. The molecule has 0 aliphatic rings. The van der Waals surface area contributed by atoms with Crippen molar-refractivity contribution in [2.45, 2.75) is 13.5 Å². The third-order valence-corrected chi connectivity index (χ3v) is 4.69. The Bertz CT molecular complexity index is 1390. The minimum absolute atomic E-state index is 0.0823. The minimum atomic E-state index is -0.614. The van der Waals surface area contributed by atoms with E-state index in [-0.39, 0.29) is 35.7 Å². The maximum atomic E-state index is 12.7. The zero-order valence-corrected chi connectivity index (χ0v) is 16.3. The van der Waals surface area contributed by atoms with E-state index in [4.69, 9.17) is 5.11 Å². The summed E-state index contributed by atoms with van der Waals surface area (Å²) in [5.74, 6) is -0.311. The van der Waals surface area contributed by atoms with Crippen LogP contribution in [-0.2, 0) is 6.54 Å². The maximum Gasteiger partial charge on any atom is 0.276 e. The molecule has 2 heterocycles. The SMILES string of the molecule is C=c1[nH]n(CCO)c(=O)c1=CC=Cc1c(C)c(C#N)c(=O)n(-c2ccccc2)c1O. The third-order valence-electron chi connectivity index (χ3n) is 4.69. The van der Waals surface area contributed by atoms with Crippen LogP contribution in [0.4, 0.5) is 0 Å². The number of para-hydroxylation sites is 1. The van der Waals surface area contributed by atoms with E-state index in [2.05, 4.69) is 11.7 Å². The van der Waals surface area contributed by atoms with Gasteiger partial charge in [0.2, 0.25) is 5.88 Å². The number of hydrogen-bond donors (Lipinski definition) is 3. The molecule has 0 amide bonds. The van der Waals surface area contributed by atoms with Crippen LogP contribution in [0.2, 0.25) is 0 Å². The second kappa shape index (κ2) is 8.51. The molecular weight excluding hydrogens is 384 g/mol. The topological polar surface area (TPSA) is 124 Å². The number of pyridine rings is 1. The lowest BCUT2D eigenvalue weighted by molar-refractivity contribution is 0.267. The van der Waals surface area contributed by atoms with E-state index in [9.17, 15) is 20.0 Å². The predicted molar refractivity (Wildman–Crippen MR) is 114 cm³/mol. The van der Waals surface area contributed by atoms with Gasteiger partial charge in [0.1, 0.15) is 11.6 Å². The largest absolute Gasteiger partial charge is 0.494 e. The smallest absolute Gasteiger partial charge is 0.276 e. The van der Waals surface area contributed by atoms with Crippen molar-refractivity contribution in [1.82, 2.24) is 14.3 Å². The van der Waals surface area contributed by atoms with E-state index in [1.165, 1.54) is 22.9 Å². The van der Waals surface area contributed by atoms with Crippen LogP contribution in [0.1, 0.15) is 16.7 Å². The van der Waals surface area contributed by atoms with Gasteiger partial charge in [0, 0.05) is 5.56 Å². The van der Waals surface area contributed by atoms with Gasteiger partial charge in [0.25, 0.3) is 11.1 Å². The van der Waals surface area contributed by atoms with Gasteiger partial charge >= 0.3 is 0 Å². The van der Waals surface area contributed by atoms with Gasteiger partial charge in [-0.25, -0.2) is 9.25 Å². The fourth-order valence-corrected chi connectivity index (χ4v) is 3.16. The second-order valence-corrected chi connectivity index (χ2v) is 6.54. The Balaban J connectivity index is 2.19. The maximum absolute atomic E-state index is 12.7. The third kappa shape index (κ3) is 3.62. The van der Waals surface area contributed by atoms with Crippen molar-refractivity contribution in [3.63, 3.8) is 0 Å². The Kier molecular flexibility index (Phi) is 5.85. The lowest BCUT2D eigenvalue weighted by atomic mass is 10.0. The molecule has 0 radical (unpaired) electrons. The van der Waals surface area contributed by atoms with Crippen molar-refractivity contribution in [1.29, 1.82) is 5.26 Å². The van der Waals surface area contributed by atoms with Crippen molar-refractivity contribution < 1.29 is 10.2 Å². The Morgan fingerprint density at radius 1 is 1.23 bits per heavy atom. The molecule has 0 saturated heterocycles. The molecule has 152 valence electrons. The molecule has 1 aromatic carbocycles. The molecule has 3 aromatic rings. The quantitative estimate of drug-likeness (QED) is 0.557. The average Bonchev–Trinajstić information content (AvgIpc) is 2.99. The van der Waals surface area contributed by atoms with Gasteiger partial charge in [-0.05, 0) is 36.8 Å². The molecule has 30 heavy (non-hydrogen) atoms. The van der Waals surface area contributed by atoms with Crippen LogP contribution >= 0.6 is 0 Å². The summed E-state index contributed by atoms with van der Waals surface area (Å²) >= 11 is 0. The normalized spacial score (nSPS) is 11.8. The van der Waals surface area contributed by atoms with Crippen molar-refractivity contribution in [2.75, 3.05) is 6.61 Å². The first kappa shape index (κ1) is 20.6. The van der Waals surface area contributed by atoms with E-state index in [0.29, 0.717) is 21.8 Å². The van der Waals surface area contributed by atoms with Crippen LogP contribution in [0, 0.1) is 18.3 Å². The van der Waals surface area contributed by atoms with E-state index < -0.39 is 5.56 Å². The molecular formula is C22H20N4O4. The number of aromatic nitrogens is 3. The summed E-state index contributed by atoms with van der Waals surface area (Å²) in [5.41, 5.74) is -0.000621. The monoisotopic (exact) mass is 404 g/mol. The predicted octanol–water partition coefficient (Wildman–Crippen LogP) is 0.110. The Morgan fingerprint density at radius 3 is 2.57 bits per heavy atom. The second-order valence-electron chi connectivity index (χ2n) is 6.54. The van der Waals surface area contributed by atoms with Crippen LogP contribution in [0.3, 0.4) is 0 Å². The van der Waals surface area contributed by atoms with Crippen molar-refractivity contribution >= 4 is 18.7 Å². The first-order valence-corrected chi connectivity index (χ1v) is 9.11. The van der Waals surface area contributed by atoms with Crippen LogP contribution in [-0.4, -0.2) is 31.2 Å². The molecule has 0 aliphatic heterocycles. The summed E-state index contributed by atoms with van der Waals surface area (Å²) in [6, 6.07) is 10.4. The van der Waals surface area contributed by atoms with Crippen LogP contribution in [0.15, 0.2) is 46.0 Å². The fraction of sp³-hybridized carbons (Fsp3) is 0.136. The molecule has 8 heteroatoms. The van der Waals surface area contributed by atoms with Crippen molar-refractivity contribution in [3.05, 3.63) is 84.4 Å². The van der Waals surface area contributed by atoms with Crippen LogP contribution < -0.4 is 21.7 Å². The first-order chi connectivity index (χ1) is 14.4. The summed E-state index contributed by atoms with van der Waals surface area (Å²) < 4.78 is 2.32. The molecule has 0 spiro atoms. The van der Waals surface area contributed by atoms with Crippen LogP contribution in [0.5, 0.6) is 5.88 Å². The zero-order valence-electron chi connectivity index (χ0n) is 16.3. The number of hydrogen-bond acceptors (Lipinski definition) is 5. The Labute approximate surface area is 171 Å². The van der Waals surface area contributed by atoms with Gasteiger partial charge in [-0.2, -0.15) is 5.26 Å². The number of nitrogens with one attached hydrogen (secondary N) is 1. The Hall–Kier alpha value is -4.09. The highest BCUT2D eigenvalue weighted by atomic mass is 16.3.